The molecular weight excluding hydrogens is 402 g/mol. The van der Waals surface area contributed by atoms with Gasteiger partial charge in [0, 0.05) is 37.0 Å². The van der Waals surface area contributed by atoms with Crippen molar-refractivity contribution in [3.63, 3.8) is 0 Å². The molecule has 0 fully saturated rings. The molecule has 0 radical (unpaired) electrons. The summed E-state index contributed by atoms with van der Waals surface area (Å²) in [6.07, 6.45) is 2.05. The second-order valence-electron chi connectivity index (χ2n) is 6.26. The number of nitrogens with zero attached hydrogens (tertiary/aromatic N) is 1. The van der Waals surface area contributed by atoms with E-state index in [1.165, 1.54) is 0 Å². The molecule has 0 saturated heterocycles. The molecule has 0 spiro atoms. The number of carbonyl (C=O) groups excluding carboxylic acids is 3. The van der Waals surface area contributed by atoms with E-state index in [2.05, 4.69) is 10.6 Å². The molecule has 7 nitrogen and oxygen atoms in total. The largest absolute Gasteiger partial charge is 0.463 e. The van der Waals surface area contributed by atoms with E-state index in [0.717, 1.165) is 17.7 Å². The number of carbonyl (C=O) groups is 3. The first kappa shape index (κ1) is 22.8. The lowest BCUT2D eigenvalue weighted by Crippen LogP contribution is -2.33. The van der Waals surface area contributed by atoms with Crippen LogP contribution in [-0.2, 0) is 20.9 Å². The van der Waals surface area contributed by atoms with Crippen LogP contribution in [0.3, 0.4) is 0 Å². The molecule has 0 heterocycles. The highest BCUT2D eigenvalue weighted by molar-refractivity contribution is 7.80. The number of amides is 2. The Bertz CT molecular complexity index is 944. The Hall–Kier alpha value is -3.52. The van der Waals surface area contributed by atoms with Gasteiger partial charge in [0.2, 0.25) is 5.91 Å². The van der Waals surface area contributed by atoms with E-state index in [9.17, 15) is 14.4 Å². The molecule has 2 amide bonds. The third-order valence-electron chi connectivity index (χ3n) is 3.87. The smallest absolute Gasteiger partial charge is 0.330 e. The van der Waals surface area contributed by atoms with Gasteiger partial charge in [-0.25, -0.2) is 4.79 Å². The summed E-state index contributed by atoms with van der Waals surface area (Å²) in [6, 6.07) is 16.5. The molecule has 30 heavy (non-hydrogen) atoms. The van der Waals surface area contributed by atoms with Crippen molar-refractivity contribution in [2.45, 2.75) is 13.5 Å². The maximum atomic E-state index is 12.7. The second kappa shape index (κ2) is 11.5. The number of nitrogens with one attached hydrogen (secondary N) is 2. The van der Waals surface area contributed by atoms with Gasteiger partial charge in [0.25, 0.3) is 5.91 Å². The number of ether oxygens (including phenoxy) is 1. The van der Waals surface area contributed by atoms with Crippen molar-refractivity contribution >= 4 is 40.8 Å². The molecule has 0 aliphatic rings. The molecule has 2 rings (SSSR count). The van der Waals surface area contributed by atoms with E-state index in [0.29, 0.717) is 17.8 Å². The molecule has 2 N–H and O–H groups in total. The number of thiocarbonyl (C=S) groups is 1. The molecule has 0 atom stereocenters. The summed E-state index contributed by atoms with van der Waals surface area (Å²) in [4.78, 5) is 37.3. The van der Waals surface area contributed by atoms with E-state index in [4.69, 9.17) is 17.0 Å². The van der Waals surface area contributed by atoms with Gasteiger partial charge < -0.3 is 15.0 Å². The topological polar surface area (TPSA) is 87.7 Å². The summed E-state index contributed by atoms with van der Waals surface area (Å²) in [6.45, 7) is 2.38. The van der Waals surface area contributed by atoms with Crippen LogP contribution in [0.2, 0.25) is 0 Å². The Morgan fingerprint density at radius 2 is 1.80 bits per heavy atom. The van der Waals surface area contributed by atoms with Crippen molar-refractivity contribution in [3.8, 4) is 0 Å². The van der Waals surface area contributed by atoms with Gasteiger partial charge in [0.05, 0.1) is 6.61 Å². The molecule has 0 bridgehead atoms. The molecule has 0 aliphatic carbocycles. The van der Waals surface area contributed by atoms with Gasteiger partial charge in [0.15, 0.2) is 5.11 Å². The molecule has 0 aromatic heterocycles. The Morgan fingerprint density at radius 3 is 2.50 bits per heavy atom. The van der Waals surface area contributed by atoms with Gasteiger partial charge in [-0.1, -0.05) is 36.4 Å². The summed E-state index contributed by atoms with van der Waals surface area (Å²) in [7, 11) is 1.73. The average molecular weight is 426 g/mol. The van der Waals surface area contributed by atoms with E-state index < -0.39 is 11.9 Å². The summed E-state index contributed by atoms with van der Waals surface area (Å²) in [5, 5.41) is 5.31. The number of benzene rings is 2. The molecule has 156 valence electrons. The average Bonchev–Trinajstić information content (AvgIpc) is 2.72. The van der Waals surface area contributed by atoms with Crippen LogP contribution in [0.1, 0.15) is 22.8 Å². The quantitative estimate of drug-likeness (QED) is 0.403. The molecule has 2 aromatic rings. The number of hydrogen-bond acceptors (Lipinski definition) is 5. The zero-order chi connectivity index (χ0) is 21.9. The lowest BCUT2D eigenvalue weighted by atomic mass is 10.1. The highest BCUT2D eigenvalue weighted by Gasteiger charge is 2.13. The van der Waals surface area contributed by atoms with Crippen LogP contribution in [0.5, 0.6) is 0 Å². The number of anilines is 1. The summed E-state index contributed by atoms with van der Waals surface area (Å²) in [5.74, 6) is -1.33. The van der Waals surface area contributed by atoms with E-state index in [1.807, 2.05) is 30.3 Å². The van der Waals surface area contributed by atoms with Gasteiger partial charge in [0.1, 0.15) is 0 Å². The second-order valence-corrected chi connectivity index (χ2v) is 6.66. The third kappa shape index (κ3) is 7.48. The summed E-state index contributed by atoms with van der Waals surface area (Å²) in [5.41, 5.74) is 2.06. The molecule has 0 aliphatic heterocycles. The molecular formula is C22H23N3O4S. The van der Waals surface area contributed by atoms with Crippen molar-refractivity contribution in [1.29, 1.82) is 0 Å². The van der Waals surface area contributed by atoms with Crippen molar-refractivity contribution < 1.29 is 19.1 Å². The van der Waals surface area contributed by atoms with Gasteiger partial charge in [-0.05, 0) is 42.9 Å². The van der Waals surface area contributed by atoms with E-state index in [-0.39, 0.29) is 17.6 Å². The zero-order valence-electron chi connectivity index (χ0n) is 16.8. The Kier molecular flexibility index (Phi) is 8.71. The fourth-order valence-corrected chi connectivity index (χ4v) is 2.75. The molecule has 0 saturated carbocycles. The van der Waals surface area contributed by atoms with Crippen molar-refractivity contribution in [2.24, 2.45) is 0 Å². The van der Waals surface area contributed by atoms with Crippen molar-refractivity contribution in [1.82, 2.24) is 10.2 Å². The predicted octanol–water partition coefficient (Wildman–Crippen LogP) is 2.89. The van der Waals surface area contributed by atoms with Gasteiger partial charge in [-0.2, -0.15) is 0 Å². The number of esters is 1. The fourth-order valence-electron chi connectivity index (χ4n) is 2.53. The minimum atomic E-state index is -0.614. The monoisotopic (exact) mass is 425 g/mol. The maximum Gasteiger partial charge on any atom is 0.330 e. The minimum Gasteiger partial charge on any atom is -0.463 e. The SMILES string of the molecule is CCOC(=O)/C=C/C(=O)NC(=S)Nc1cccc(C(=O)N(C)Cc2ccccc2)c1. The predicted molar refractivity (Wildman–Crippen MR) is 119 cm³/mol. The minimum absolute atomic E-state index is 0.0377. The van der Waals surface area contributed by atoms with Crippen molar-refractivity contribution in [2.75, 3.05) is 19.0 Å². The van der Waals surface area contributed by atoms with E-state index >= 15 is 0 Å². The normalized spacial score (nSPS) is 10.3. The molecule has 8 heteroatoms. The van der Waals surface area contributed by atoms with Crippen LogP contribution in [0, 0.1) is 0 Å². The fraction of sp³-hybridized carbons (Fsp3) is 0.182. The van der Waals surface area contributed by atoms with Gasteiger partial charge >= 0.3 is 5.97 Å². The first-order valence-corrected chi connectivity index (χ1v) is 9.66. The van der Waals surface area contributed by atoms with Crippen LogP contribution in [0.25, 0.3) is 0 Å². The summed E-state index contributed by atoms with van der Waals surface area (Å²) >= 11 is 5.10. The summed E-state index contributed by atoms with van der Waals surface area (Å²) < 4.78 is 4.70. The van der Waals surface area contributed by atoms with Crippen LogP contribution in [-0.4, -0.2) is 41.5 Å². The van der Waals surface area contributed by atoms with Crippen molar-refractivity contribution in [3.05, 3.63) is 77.9 Å². The lowest BCUT2D eigenvalue weighted by Gasteiger charge is -2.18. The van der Waals surface area contributed by atoms with Crippen LogP contribution in [0.4, 0.5) is 5.69 Å². The number of hydrogen-bond donors (Lipinski definition) is 2. The Balaban J connectivity index is 1.94. The Labute approximate surface area is 180 Å². The molecule has 2 aromatic carbocycles. The maximum absolute atomic E-state index is 12.7. The first-order chi connectivity index (χ1) is 14.4. The Morgan fingerprint density at radius 1 is 1.07 bits per heavy atom. The first-order valence-electron chi connectivity index (χ1n) is 9.25. The zero-order valence-corrected chi connectivity index (χ0v) is 17.6. The van der Waals surface area contributed by atoms with Crippen LogP contribution in [0.15, 0.2) is 66.7 Å². The number of rotatable bonds is 7. The third-order valence-corrected chi connectivity index (χ3v) is 4.07. The molecule has 0 unspecified atom stereocenters. The highest BCUT2D eigenvalue weighted by Crippen LogP contribution is 2.14. The van der Waals surface area contributed by atoms with Crippen LogP contribution >= 0.6 is 12.2 Å². The van der Waals surface area contributed by atoms with Crippen LogP contribution < -0.4 is 10.6 Å². The highest BCUT2D eigenvalue weighted by atomic mass is 32.1. The van der Waals surface area contributed by atoms with E-state index in [1.54, 1.807) is 43.1 Å². The van der Waals surface area contributed by atoms with Gasteiger partial charge in [-0.15, -0.1) is 0 Å². The van der Waals surface area contributed by atoms with Gasteiger partial charge in [-0.3, -0.25) is 14.9 Å². The standard InChI is InChI=1S/C22H23N3O4S/c1-3-29-20(27)13-12-19(26)24-22(30)23-18-11-7-10-17(14-18)21(28)25(2)15-16-8-5-4-6-9-16/h4-14H,3,15H2,1-2H3,(H2,23,24,26,30)/b13-12+. The lowest BCUT2D eigenvalue weighted by molar-refractivity contribution is -0.137.